The third-order valence-corrected chi connectivity index (χ3v) is 16.6. The molecule has 1 unspecified atom stereocenters. The molecule has 1 atom stereocenters. The number of nitrogens with one attached hydrogen (secondary N) is 3. The van der Waals surface area contributed by atoms with E-state index in [-0.39, 0.29) is 17.7 Å². The van der Waals surface area contributed by atoms with Gasteiger partial charge in [0, 0.05) is 78.7 Å². The lowest BCUT2D eigenvalue weighted by Crippen LogP contribution is -2.52. The van der Waals surface area contributed by atoms with E-state index in [1.165, 1.54) is 63.0 Å². The number of anilines is 6. The van der Waals surface area contributed by atoms with Crippen molar-refractivity contribution in [3.63, 3.8) is 0 Å². The lowest BCUT2D eigenvalue weighted by atomic mass is 9.70. The number of imide groups is 1. The summed E-state index contributed by atoms with van der Waals surface area (Å²) in [5.41, 5.74) is 8.29. The fraction of sp³-hybridized carbons (Fsp3) is 0.460. The summed E-state index contributed by atoms with van der Waals surface area (Å²) in [5, 5.41) is 11.0. The molecule has 2 aromatic heterocycles. The molecule has 15 heteroatoms. The van der Waals surface area contributed by atoms with E-state index < -0.39 is 7.14 Å². The number of likely N-dealkylation sites (tertiary alicyclic amines) is 1. The number of fused-ring (bicyclic) bond motifs is 1. The maximum absolute atomic E-state index is 13.7. The van der Waals surface area contributed by atoms with Crippen LogP contribution in [0.2, 0.25) is 0 Å². The van der Waals surface area contributed by atoms with E-state index in [1.54, 1.807) is 26.6 Å². The van der Waals surface area contributed by atoms with Gasteiger partial charge in [0.1, 0.15) is 18.7 Å². The van der Waals surface area contributed by atoms with Gasteiger partial charge in [0.15, 0.2) is 0 Å². The number of aromatic nitrogens is 3. The number of amides is 2. The SMILES string of the molecule is CCc1ccc2c(P(C)(C)=O)c(Nc3nc(Nc4cc(C)c(N5CCC6(CC5)CCN(C5CCN(c7ccc(C8CCC(=O)NC8=O)cc7)CC5)CC6)cc4OC)ncc3Br)ccc2n1. The molecule has 0 bridgehead atoms. The molecule has 342 valence electrons. The number of benzene rings is 3. The van der Waals surface area contributed by atoms with Crippen LogP contribution in [0.1, 0.15) is 81.0 Å². The monoisotopic (exact) mass is 961 g/mol. The molecule has 13 nitrogen and oxygen atoms in total. The number of aryl methyl sites for hydroxylation is 2. The lowest BCUT2D eigenvalue weighted by molar-refractivity contribution is -0.134. The number of carbonyl (C=O) groups excluding carboxylic acids is 2. The number of hydrogen-bond acceptors (Lipinski definition) is 12. The minimum Gasteiger partial charge on any atom is -0.494 e. The van der Waals surface area contributed by atoms with Crippen molar-refractivity contribution in [1.82, 2.24) is 25.2 Å². The largest absolute Gasteiger partial charge is 0.494 e. The smallest absolute Gasteiger partial charge is 0.234 e. The summed E-state index contributed by atoms with van der Waals surface area (Å²) in [6, 6.07) is 21.3. The average molecular weight is 963 g/mol. The van der Waals surface area contributed by atoms with E-state index in [4.69, 9.17) is 14.7 Å². The maximum Gasteiger partial charge on any atom is 0.234 e. The van der Waals surface area contributed by atoms with Crippen molar-refractivity contribution in [2.75, 3.05) is 80.1 Å². The summed E-state index contributed by atoms with van der Waals surface area (Å²) in [4.78, 5) is 46.0. The van der Waals surface area contributed by atoms with Gasteiger partial charge in [-0.2, -0.15) is 4.98 Å². The molecule has 0 aliphatic carbocycles. The molecule has 3 aromatic carbocycles. The zero-order valence-corrected chi connectivity index (χ0v) is 40.7. The molecular formula is C50H61BrN9O4P. The number of pyridine rings is 1. The average Bonchev–Trinajstić information content (AvgIpc) is 3.30. The molecule has 5 aromatic rings. The van der Waals surface area contributed by atoms with E-state index in [2.05, 4.69) is 102 Å². The van der Waals surface area contributed by atoms with Gasteiger partial charge < -0.3 is 34.6 Å². The zero-order valence-electron chi connectivity index (χ0n) is 38.3. The Balaban J connectivity index is 0.793. The standard InChI is InChI=1S/C50H61BrN9O4P/c1-6-34-9-12-38-40(53-34)14-15-41(46(38)65(4,5)63)54-47-39(51)31-52-49(57-47)55-42-29-32(2)43(30-44(42)64-3)60-27-21-50(22-28-60)19-25-59(26-20-50)36-17-23-58(24-18-36)35-10-7-33(8-11-35)37-13-16-45(61)56-48(37)62/h7-12,14-15,29-31,36-37H,6,13,16-28H2,1-5H3,(H,56,61,62)(H2,52,54,55,57). The van der Waals surface area contributed by atoms with E-state index in [9.17, 15) is 14.2 Å². The Morgan fingerprint density at radius 2 is 1.58 bits per heavy atom. The van der Waals surface area contributed by atoms with Crippen LogP contribution in [0.3, 0.4) is 0 Å². The Labute approximate surface area is 391 Å². The minimum absolute atomic E-state index is 0.173. The van der Waals surface area contributed by atoms with Gasteiger partial charge in [-0.3, -0.25) is 19.9 Å². The van der Waals surface area contributed by atoms with Gasteiger partial charge in [-0.25, -0.2) is 4.98 Å². The number of nitrogens with zero attached hydrogens (tertiary/aromatic N) is 6. The van der Waals surface area contributed by atoms with E-state index >= 15 is 0 Å². The zero-order chi connectivity index (χ0) is 45.5. The molecule has 4 saturated heterocycles. The Kier molecular flexibility index (Phi) is 13.0. The number of methoxy groups -OCH3 is 1. The number of ether oxygens (including phenoxy) is 1. The fourth-order valence-electron chi connectivity index (χ4n) is 10.7. The summed E-state index contributed by atoms with van der Waals surface area (Å²) in [6.45, 7) is 14.3. The second-order valence-electron chi connectivity index (χ2n) is 18.9. The molecule has 0 radical (unpaired) electrons. The highest BCUT2D eigenvalue weighted by Gasteiger charge is 2.40. The van der Waals surface area contributed by atoms with Crippen LogP contribution in [-0.2, 0) is 20.6 Å². The summed E-state index contributed by atoms with van der Waals surface area (Å²) in [7, 11) is -1.02. The normalized spacial score (nSPS) is 19.7. The van der Waals surface area contributed by atoms with Crippen LogP contribution >= 0.6 is 23.1 Å². The van der Waals surface area contributed by atoms with Crippen molar-refractivity contribution >= 4 is 85.6 Å². The Morgan fingerprint density at radius 1 is 0.862 bits per heavy atom. The molecule has 0 saturated carbocycles. The number of rotatable bonds is 11. The molecule has 65 heavy (non-hydrogen) atoms. The maximum atomic E-state index is 13.7. The number of piperidine rings is 4. The predicted molar refractivity (Wildman–Crippen MR) is 266 cm³/mol. The van der Waals surface area contributed by atoms with Gasteiger partial charge in [-0.15, -0.1) is 0 Å². The molecule has 1 spiro atoms. The van der Waals surface area contributed by atoms with Crippen LogP contribution in [0.5, 0.6) is 5.75 Å². The first-order valence-corrected chi connectivity index (χ1v) is 26.6. The first-order chi connectivity index (χ1) is 31.3. The summed E-state index contributed by atoms with van der Waals surface area (Å²) in [6.07, 6.45) is 10.8. The molecule has 2 amide bonds. The van der Waals surface area contributed by atoms with Crippen molar-refractivity contribution in [2.45, 2.75) is 83.6 Å². The van der Waals surface area contributed by atoms with Crippen LogP contribution in [0.4, 0.5) is 34.5 Å². The second-order valence-corrected chi connectivity index (χ2v) is 22.9. The molecule has 9 rings (SSSR count). The topological polar surface area (TPSA) is 145 Å². The van der Waals surface area contributed by atoms with Gasteiger partial charge in [0.2, 0.25) is 17.8 Å². The van der Waals surface area contributed by atoms with E-state index in [0.29, 0.717) is 40.5 Å². The van der Waals surface area contributed by atoms with Crippen molar-refractivity contribution in [1.29, 1.82) is 0 Å². The first kappa shape index (κ1) is 45.1. The van der Waals surface area contributed by atoms with Gasteiger partial charge in [-0.1, -0.05) is 25.1 Å². The fourth-order valence-corrected chi connectivity index (χ4v) is 12.4. The van der Waals surface area contributed by atoms with E-state index in [1.807, 2.05) is 24.3 Å². The number of halogens is 1. The van der Waals surface area contributed by atoms with Gasteiger partial charge in [0.25, 0.3) is 0 Å². The van der Waals surface area contributed by atoms with Gasteiger partial charge in [-0.05, 0) is 154 Å². The van der Waals surface area contributed by atoms with Crippen molar-refractivity contribution < 1.29 is 18.9 Å². The Bertz CT molecular complexity index is 2630. The van der Waals surface area contributed by atoms with Gasteiger partial charge in [0.05, 0.1) is 34.4 Å². The van der Waals surface area contributed by atoms with Crippen molar-refractivity contribution in [3.8, 4) is 5.75 Å². The highest BCUT2D eigenvalue weighted by Crippen LogP contribution is 2.45. The summed E-state index contributed by atoms with van der Waals surface area (Å²) in [5.74, 6) is 1.09. The molecular weight excluding hydrogens is 901 g/mol. The highest BCUT2D eigenvalue weighted by molar-refractivity contribution is 9.10. The van der Waals surface area contributed by atoms with Crippen LogP contribution in [-0.4, -0.2) is 97.4 Å². The van der Waals surface area contributed by atoms with Gasteiger partial charge >= 0.3 is 0 Å². The highest BCUT2D eigenvalue weighted by atomic mass is 79.9. The van der Waals surface area contributed by atoms with Crippen molar-refractivity contribution in [2.24, 2.45) is 5.41 Å². The summed E-state index contributed by atoms with van der Waals surface area (Å²) >= 11 is 3.64. The van der Waals surface area contributed by atoms with Crippen molar-refractivity contribution in [3.05, 3.63) is 88.2 Å². The third-order valence-electron chi connectivity index (χ3n) is 14.5. The first-order valence-electron chi connectivity index (χ1n) is 23.2. The minimum atomic E-state index is -2.72. The van der Waals surface area contributed by atoms with Crippen LogP contribution in [0.25, 0.3) is 10.9 Å². The number of carbonyl (C=O) groups is 2. The van der Waals surface area contributed by atoms with E-state index in [0.717, 1.165) is 82.8 Å². The molecule has 6 heterocycles. The molecule has 4 aliphatic rings. The van der Waals surface area contributed by atoms with Crippen LogP contribution in [0, 0.1) is 12.3 Å². The second kappa shape index (κ2) is 18.7. The lowest BCUT2D eigenvalue weighted by Gasteiger charge is -2.50. The van der Waals surface area contributed by atoms with Crippen LogP contribution in [0.15, 0.2) is 71.3 Å². The Hall–Kier alpha value is -5.04. The number of hydrogen-bond donors (Lipinski definition) is 3. The molecule has 4 fully saturated rings. The molecule has 3 N–H and O–H groups in total. The molecule has 4 aliphatic heterocycles. The third kappa shape index (κ3) is 9.63. The Morgan fingerprint density at radius 3 is 2.26 bits per heavy atom. The summed E-state index contributed by atoms with van der Waals surface area (Å²) < 4.78 is 20.4. The van der Waals surface area contributed by atoms with Crippen LogP contribution < -0.4 is 35.8 Å². The quantitative estimate of drug-likeness (QED) is 0.0858. The predicted octanol–water partition coefficient (Wildman–Crippen LogP) is 9.27.